The minimum absolute atomic E-state index is 0.0662. The third-order valence-electron chi connectivity index (χ3n) is 4.15. The summed E-state index contributed by atoms with van der Waals surface area (Å²) in [6.45, 7) is 1.86. The summed E-state index contributed by atoms with van der Waals surface area (Å²) >= 11 is 3.33. The van der Waals surface area contributed by atoms with Crippen molar-refractivity contribution in [3.8, 4) is 0 Å². The Kier molecular flexibility index (Phi) is 5.68. The van der Waals surface area contributed by atoms with Crippen LogP contribution in [0, 0.1) is 0 Å². The van der Waals surface area contributed by atoms with Gasteiger partial charge in [-0.1, -0.05) is 58.4 Å². The van der Waals surface area contributed by atoms with Crippen molar-refractivity contribution in [1.82, 2.24) is 10.6 Å². The number of amides is 2. The number of halogens is 1. The molecule has 0 spiro atoms. The third kappa shape index (κ3) is 4.49. The Hall–Kier alpha value is -2.66. The van der Waals surface area contributed by atoms with Crippen LogP contribution in [0.25, 0.3) is 10.8 Å². The molecule has 0 aliphatic carbocycles. The van der Waals surface area contributed by atoms with Gasteiger partial charge in [-0.15, -0.1) is 0 Å². The van der Waals surface area contributed by atoms with Crippen molar-refractivity contribution in [2.75, 3.05) is 6.54 Å². The fourth-order valence-electron chi connectivity index (χ4n) is 2.75. The monoisotopic (exact) mass is 410 g/mol. The Morgan fingerprint density at radius 3 is 2.50 bits per heavy atom. The van der Waals surface area contributed by atoms with Crippen LogP contribution in [-0.2, 0) is 4.79 Å². The molecule has 0 aliphatic heterocycles. The second-order valence-corrected chi connectivity index (χ2v) is 7.00. The molecule has 26 heavy (non-hydrogen) atoms. The summed E-state index contributed by atoms with van der Waals surface area (Å²) < 4.78 is 0.819. The molecule has 3 rings (SSSR count). The topological polar surface area (TPSA) is 58.2 Å². The number of carbonyl (C=O) groups excluding carboxylic acids is 2. The van der Waals surface area contributed by atoms with Crippen molar-refractivity contribution in [3.05, 3.63) is 82.3 Å². The fraction of sp³-hybridized carbons (Fsp3) is 0.143. The minimum Gasteiger partial charge on any atom is -0.348 e. The molecule has 0 bridgehead atoms. The molecule has 1 atom stereocenters. The lowest BCUT2D eigenvalue weighted by molar-refractivity contribution is -0.120. The zero-order valence-corrected chi connectivity index (χ0v) is 15.9. The van der Waals surface area contributed by atoms with Crippen LogP contribution in [0.15, 0.2) is 71.2 Å². The van der Waals surface area contributed by atoms with E-state index in [-0.39, 0.29) is 24.4 Å². The first-order chi connectivity index (χ1) is 12.5. The highest BCUT2D eigenvalue weighted by Gasteiger charge is 2.12. The van der Waals surface area contributed by atoms with E-state index in [4.69, 9.17) is 0 Å². The molecule has 0 heterocycles. The van der Waals surface area contributed by atoms with Crippen molar-refractivity contribution in [1.29, 1.82) is 0 Å². The van der Waals surface area contributed by atoms with E-state index in [1.54, 1.807) is 18.2 Å². The second kappa shape index (κ2) is 8.15. The van der Waals surface area contributed by atoms with Gasteiger partial charge in [-0.2, -0.15) is 0 Å². The number of hydrogen-bond donors (Lipinski definition) is 2. The zero-order valence-electron chi connectivity index (χ0n) is 14.3. The van der Waals surface area contributed by atoms with Crippen LogP contribution in [0.1, 0.15) is 28.9 Å². The first kappa shape index (κ1) is 18.1. The Balaban J connectivity index is 1.57. The molecule has 0 fully saturated rings. The van der Waals surface area contributed by atoms with E-state index in [0.717, 1.165) is 20.8 Å². The van der Waals surface area contributed by atoms with E-state index in [0.29, 0.717) is 5.56 Å². The molecular formula is C21H19BrN2O2. The van der Waals surface area contributed by atoms with Gasteiger partial charge in [0.25, 0.3) is 5.91 Å². The molecule has 0 aromatic heterocycles. The zero-order chi connectivity index (χ0) is 18.5. The average Bonchev–Trinajstić information content (AvgIpc) is 2.65. The number of nitrogens with one attached hydrogen (secondary N) is 2. The molecule has 1 unspecified atom stereocenters. The predicted molar refractivity (Wildman–Crippen MR) is 107 cm³/mol. The summed E-state index contributed by atoms with van der Waals surface area (Å²) in [6, 6.07) is 21.1. The number of fused-ring (bicyclic) bond motifs is 1. The maximum atomic E-state index is 12.2. The molecular weight excluding hydrogens is 392 g/mol. The standard InChI is InChI=1S/C21H19BrN2O2/c1-14(16-10-9-15-5-2-3-6-17(15)11-16)24-20(25)13-23-21(26)18-7-4-8-19(22)12-18/h2-12,14H,13H2,1H3,(H,23,26)(H,24,25). The first-order valence-electron chi connectivity index (χ1n) is 8.35. The maximum absolute atomic E-state index is 12.2. The molecule has 2 amide bonds. The Bertz CT molecular complexity index is 955. The highest BCUT2D eigenvalue weighted by atomic mass is 79.9. The molecule has 5 heteroatoms. The Morgan fingerprint density at radius 2 is 1.73 bits per heavy atom. The SMILES string of the molecule is CC(NC(=O)CNC(=O)c1cccc(Br)c1)c1ccc2ccccc2c1. The molecule has 3 aromatic rings. The van der Waals surface area contributed by atoms with Gasteiger partial charge < -0.3 is 10.6 Å². The Morgan fingerprint density at radius 1 is 0.962 bits per heavy atom. The number of carbonyl (C=O) groups is 2. The lowest BCUT2D eigenvalue weighted by Gasteiger charge is -2.15. The lowest BCUT2D eigenvalue weighted by Crippen LogP contribution is -2.38. The van der Waals surface area contributed by atoms with Crippen LogP contribution >= 0.6 is 15.9 Å². The van der Waals surface area contributed by atoms with Gasteiger partial charge in [-0.05, 0) is 47.5 Å². The van der Waals surface area contributed by atoms with Crippen molar-refractivity contribution < 1.29 is 9.59 Å². The molecule has 2 N–H and O–H groups in total. The molecule has 0 radical (unpaired) electrons. The van der Waals surface area contributed by atoms with Gasteiger partial charge in [0.1, 0.15) is 0 Å². The van der Waals surface area contributed by atoms with Gasteiger partial charge in [0.2, 0.25) is 5.91 Å². The van der Waals surface area contributed by atoms with Crippen LogP contribution in [0.4, 0.5) is 0 Å². The van der Waals surface area contributed by atoms with Crippen molar-refractivity contribution in [2.24, 2.45) is 0 Å². The van der Waals surface area contributed by atoms with E-state index >= 15 is 0 Å². The van der Waals surface area contributed by atoms with Gasteiger partial charge >= 0.3 is 0 Å². The van der Waals surface area contributed by atoms with Crippen molar-refractivity contribution in [3.63, 3.8) is 0 Å². The summed E-state index contributed by atoms with van der Waals surface area (Å²) in [7, 11) is 0. The van der Waals surface area contributed by atoms with Crippen LogP contribution < -0.4 is 10.6 Å². The fourth-order valence-corrected chi connectivity index (χ4v) is 3.14. The first-order valence-corrected chi connectivity index (χ1v) is 9.14. The summed E-state index contributed by atoms with van der Waals surface area (Å²) in [4.78, 5) is 24.2. The van der Waals surface area contributed by atoms with Gasteiger partial charge in [-0.25, -0.2) is 0 Å². The smallest absolute Gasteiger partial charge is 0.251 e. The number of rotatable bonds is 5. The number of hydrogen-bond acceptors (Lipinski definition) is 2. The van der Waals surface area contributed by atoms with Crippen LogP contribution in [0.5, 0.6) is 0 Å². The van der Waals surface area contributed by atoms with Crippen LogP contribution in [-0.4, -0.2) is 18.4 Å². The van der Waals surface area contributed by atoms with E-state index in [1.165, 1.54) is 0 Å². The highest BCUT2D eigenvalue weighted by molar-refractivity contribution is 9.10. The van der Waals surface area contributed by atoms with E-state index in [9.17, 15) is 9.59 Å². The van der Waals surface area contributed by atoms with Crippen molar-refractivity contribution >= 4 is 38.5 Å². The largest absolute Gasteiger partial charge is 0.348 e. The van der Waals surface area contributed by atoms with E-state index < -0.39 is 0 Å². The molecule has 0 aliphatic rings. The lowest BCUT2D eigenvalue weighted by atomic mass is 10.0. The highest BCUT2D eigenvalue weighted by Crippen LogP contribution is 2.20. The molecule has 0 saturated heterocycles. The maximum Gasteiger partial charge on any atom is 0.251 e. The van der Waals surface area contributed by atoms with Crippen LogP contribution in [0.3, 0.4) is 0 Å². The normalized spacial score (nSPS) is 11.8. The molecule has 132 valence electrons. The third-order valence-corrected chi connectivity index (χ3v) is 4.64. The Labute approximate surface area is 160 Å². The summed E-state index contributed by atoms with van der Waals surface area (Å²) in [5.41, 5.74) is 1.53. The van der Waals surface area contributed by atoms with E-state index in [2.05, 4.69) is 38.7 Å². The van der Waals surface area contributed by atoms with E-state index in [1.807, 2.05) is 43.3 Å². The van der Waals surface area contributed by atoms with Gasteiger partial charge in [0, 0.05) is 10.0 Å². The predicted octanol–water partition coefficient (Wildman–Crippen LogP) is 4.21. The summed E-state index contributed by atoms with van der Waals surface area (Å²) in [5, 5.41) is 7.85. The quantitative estimate of drug-likeness (QED) is 0.661. The van der Waals surface area contributed by atoms with Crippen molar-refractivity contribution in [2.45, 2.75) is 13.0 Å². The second-order valence-electron chi connectivity index (χ2n) is 6.09. The minimum atomic E-state index is -0.278. The van der Waals surface area contributed by atoms with Gasteiger partial charge in [-0.3, -0.25) is 9.59 Å². The number of benzene rings is 3. The van der Waals surface area contributed by atoms with Gasteiger partial charge in [0.05, 0.1) is 12.6 Å². The average molecular weight is 411 g/mol. The molecule has 0 saturated carbocycles. The summed E-state index contributed by atoms with van der Waals surface area (Å²) in [6.07, 6.45) is 0. The summed E-state index contributed by atoms with van der Waals surface area (Å²) in [5.74, 6) is -0.506. The molecule has 3 aromatic carbocycles. The molecule has 4 nitrogen and oxygen atoms in total. The van der Waals surface area contributed by atoms with Gasteiger partial charge in [0.15, 0.2) is 0 Å². The van der Waals surface area contributed by atoms with Crippen LogP contribution in [0.2, 0.25) is 0 Å².